The lowest BCUT2D eigenvalue weighted by atomic mass is 9.91. The third-order valence-electron chi connectivity index (χ3n) is 3.88. The molecule has 1 fully saturated rings. The lowest BCUT2D eigenvalue weighted by Gasteiger charge is -2.34. The second-order valence-corrected chi connectivity index (χ2v) is 6.81. The zero-order chi connectivity index (χ0) is 16.1. The smallest absolute Gasteiger partial charge is 0.317 e. The molecule has 1 aliphatic rings. The van der Waals surface area contributed by atoms with Gasteiger partial charge in [-0.1, -0.05) is 35.0 Å². The van der Waals surface area contributed by atoms with Gasteiger partial charge in [0.25, 0.3) is 0 Å². The molecule has 22 heavy (non-hydrogen) atoms. The molecule has 0 spiro atoms. The summed E-state index contributed by atoms with van der Waals surface area (Å²) >= 11 is 3.42. The van der Waals surface area contributed by atoms with Crippen molar-refractivity contribution in [3.8, 4) is 0 Å². The number of carboxylic acids is 1. The molecule has 1 heterocycles. The zero-order valence-electron chi connectivity index (χ0n) is 12.6. The highest BCUT2D eigenvalue weighted by Gasteiger charge is 2.31. The lowest BCUT2D eigenvalue weighted by molar-refractivity contribution is -0.143. The molecule has 0 aliphatic carbocycles. The molecule has 0 aromatic heterocycles. The Bertz CT molecular complexity index is 550. The monoisotopic (exact) mass is 368 g/mol. The minimum absolute atomic E-state index is 0.173. The van der Waals surface area contributed by atoms with Crippen molar-refractivity contribution in [1.82, 2.24) is 10.2 Å². The minimum Gasteiger partial charge on any atom is -0.481 e. The molecule has 2 unspecified atom stereocenters. The van der Waals surface area contributed by atoms with E-state index in [0.29, 0.717) is 26.1 Å². The van der Waals surface area contributed by atoms with E-state index in [4.69, 9.17) is 5.11 Å². The number of nitrogens with one attached hydrogen (secondary N) is 1. The normalized spacial score (nSPS) is 21.5. The largest absolute Gasteiger partial charge is 0.481 e. The number of urea groups is 1. The predicted octanol–water partition coefficient (Wildman–Crippen LogP) is 2.74. The van der Waals surface area contributed by atoms with E-state index in [1.165, 1.54) is 0 Å². The van der Waals surface area contributed by atoms with Crippen molar-refractivity contribution in [3.05, 3.63) is 34.3 Å². The second-order valence-electron chi connectivity index (χ2n) is 5.89. The van der Waals surface area contributed by atoms with Crippen LogP contribution in [-0.4, -0.2) is 41.6 Å². The number of rotatable bonds is 4. The molecule has 2 atom stereocenters. The molecular formula is C16H21BrN2O3. The van der Waals surface area contributed by atoms with Gasteiger partial charge in [-0.25, -0.2) is 4.79 Å². The molecule has 0 radical (unpaired) electrons. The summed E-state index contributed by atoms with van der Waals surface area (Å²) in [5.41, 5.74) is 1.14. The van der Waals surface area contributed by atoms with Gasteiger partial charge in [0.1, 0.15) is 0 Å². The summed E-state index contributed by atoms with van der Waals surface area (Å²) in [5.74, 6) is -1.07. The van der Waals surface area contributed by atoms with Crippen LogP contribution in [0.25, 0.3) is 0 Å². The number of carbonyl (C=O) groups is 2. The Morgan fingerprint density at radius 1 is 1.41 bits per heavy atom. The van der Waals surface area contributed by atoms with Crippen LogP contribution in [0, 0.1) is 11.8 Å². The molecule has 1 aliphatic heterocycles. The number of halogens is 1. The van der Waals surface area contributed by atoms with Gasteiger partial charge in [0, 0.05) is 24.1 Å². The van der Waals surface area contributed by atoms with Crippen LogP contribution in [0.3, 0.4) is 0 Å². The highest BCUT2D eigenvalue weighted by Crippen LogP contribution is 2.21. The van der Waals surface area contributed by atoms with E-state index in [1.54, 1.807) is 4.90 Å². The van der Waals surface area contributed by atoms with Crippen molar-refractivity contribution in [3.63, 3.8) is 0 Å². The number of likely N-dealkylation sites (tertiary alicyclic amines) is 1. The quantitative estimate of drug-likeness (QED) is 0.858. The first-order chi connectivity index (χ1) is 10.5. The van der Waals surface area contributed by atoms with Crippen LogP contribution in [0.15, 0.2) is 28.7 Å². The maximum absolute atomic E-state index is 12.2. The Kier molecular flexibility index (Phi) is 5.83. The first-order valence-corrected chi connectivity index (χ1v) is 8.25. The Morgan fingerprint density at radius 2 is 2.18 bits per heavy atom. The number of carboxylic acid groups (broad SMARTS) is 1. The molecule has 2 rings (SSSR count). The van der Waals surface area contributed by atoms with Gasteiger partial charge in [0.05, 0.1) is 5.92 Å². The van der Waals surface area contributed by atoms with Crippen molar-refractivity contribution in [2.75, 3.05) is 19.6 Å². The Morgan fingerprint density at radius 3 is 2.86 bits per heavy atom. The van der Waals surface area contributed by atoms with Crippen molar-refractivity contribution >= 4 is 27.9 Å². The second kappa shape index (κ2) is 7.63. The third kappa shape index (κ3) is 4.73. The molecule has 1 aromatic carbocycles. The van der Waals surface area contributed by atoms with Crippen LogP contribution in [0.2, 0.25) is 0 Å². The molecule has 6 heteroatoms. The van der Waals surface area contributed by atoms with Crippen LogP contribution < -0.4 is 5.32 Å². The van der Waals surface area contributed by atoms with Crippen LogP contribution >= 0.6 is 15.9 Å². The van der Waals surface area contributed by atoms with Gasteiger partial charge in [-0.15, -0.1) is 0 Å². The molecule has 0 bridgehead atoms. The number of hydrogen-bond acceptors (Lipinski definition) is 2. The zero-order valence-corrected chi connectivity index (χ0v) is 14.2. The number of piperidine rings is 1. The Balaban J connectivity index is 1.82. The summed E-state index contributed by atoms with van der Waals surface area (Å²) < 4.78 is 1.02. The maximum Gasteiger partial charge on any atom is 0.317 e. The first kappa shape index (κ1) is 16.8. The fourth-order valence-electron chi connectivity index (χ4n) is 2.81. The summed E-state index contributed by atoms with van der Waals surface area (Å²) in [6, 6.07) is 7.79. The van der Waals surface area contributed by atoms with E-state index in [2.05, 4.69) is 21.2 Å². The van der Waals surface area contributed by atoms with Crippen LogP contribution in [0.4, 0.5) is 4.79 Å². The van der Waals surface area contributed by atoms with Gasteiger partial charge in [-0.05, 0) is 36.5 Å². The van der Waals surface area contributed by atoms with Crippen molar-refractivity contribution in [1.29, 1.82) is 0 Å². The fraction of sp³-hybridized carbons (Fsp3) is 0.500. The van der Waals surface area contributed by atoms with Crippen LogP contribution in [-0.2, 0) is 11.2 Å². The number of hydrogen-bond donors (Lipinski definition) is 2. The van der Waals surface area contributed by atoms with Gasteiger partial charge >= 0.3 is 12.0 Å². The van der Waals surface area contributed by atoms with Crippen molar-refractivity contribution in [2.24, 2.45) is 11.8 Å². The SMILES string of the molecule is CC1CC(C(=O)O)CN(C(=O)NCCc2cccc(Br)c2)C1. The molecule has 2 amide bonds. The maximum atomic E-state index is 12.2. The topological polar surface area (TPSA) is 69.6 Å². The standard InChI is InChI=1S/C16H21BrN2O3/c1-11-7-13(15(20)21)10-19(9-11)16(22)18-6-5-12-3-2-4-14(17)8-12/h2-4,8,11,13H,5-7,9-10H2,1H3,(H,18,22)(H,20,21). The number of nitrogens with zero attached hydrogens (tertiary/aromatic N) is 1. The average molecular weight is 369 g/mol. The Hall–Kier alpha value is -1.56. The summed E-state index contributed by atoms with van der Waals surface area (Å²) in [7, 11) is 0. The summed E-state index contributed by atoms with van der Waals surface area (Å²) in [6.07, 6.45) is 1.38. The predicted molar refractivity (Wildman–Crippen MR) is 87.7 cm³/mol. The van der Waals surface area contributed by atoms with Gasteiger partial charge in [-0.3, -0.25) is 4.79 Å². The lowest BCUT2D eigenvalue weighted by Crippen LogP contribution is -2.49. The van der Waals surface area contributed by atoms with E-state index >= 15 is 0 Å². The van der Waals surface area contributed by atoms with E-state index in [1.807, 2.05) is 31.2 Å². The van der Waals surface area contributed by atoms with E-state index < -0.39 is 11.9 Å². The fourth-order valence-corrected chi connectivity index (χ4v) is 3.26. The minimum atomic E-state index is -0.821. The number of benzene rings is 1. The van der Waals surface area contributed by atoms with E-state index in [0.717, 1.165) is 16.5 Å². The molecule has 1 aromatic rings. The van der Waals surface area contributed by atoms with Gasteiger partial charge in [0.15, 0.2) is 0 Å². The van der Waals surface area contributed by atoms with Gasteiger partial charge in [-0.2, -0.15) is 0 Å². The molecule has 0 saturated carbocycles. The van der Waals surface area contributed by atoms with Crippen molar-refractivity contribution in [2.45, 2.75) is 19.8 Å². The molecule has 2 N–H and O–H groups in total. The van der Waals surface area contributed by atoms with E-state index in [-0.39, 0.29) is 11.9 Å². The highest BCUT2D eigenvalue weighted by molar-refractivity contribution is 9.10. The highest BCUT2D eigenvalue weighted by atomic mass is 79.9. The average Bonchev–Trinajstić information content (AvgIpc) is 2.46. The molecule has 120 valence electrons. The third-order valence-corrected chi connectivity index (χ3v) is 4.37. The van der Waals surface area contributed by atoms with Crippen LogP contribution in [0.1, 0.15) is 18.9 Å². The Labute approximate surface area is 138 Å². The molecule has 1 saturated heterocycles. The summed E-state index contributed by atoms with van der Waals surface area (Å²) in [4.78, 5) is 24.9. The van der Waals surface area contributed by atoms with Gasteiger partial charge < -0.3 is 15.3 Å². The summed E-state index contributed by atoms with van der Waals surface area (Å²) in [6.45, 7) is 3.43. The molecule has 5 nitrogen and oxygen atoms in total. The number of aliphatic carboxylic acids is 1. The van der Waals surface area contributed by atoms with Crippen molar-refractivity contribution < 1.29 is 14.7 Å². The number of amides is 2. The van der Waals surface area contributed by atoms with E-state index in [9.17, 15) is 9.59 Å². The van der Waals surface area contributed by atoms with Gasteiger partial charge in [0.2, 0.25) is 0 Å². The summed E-state index contributed by atoms with van der Waals surface area (Å²) in [5, 5.41) is 12.0. The van der Waals surface area contributed by atoms with Crippen LogP contribution in [0.5, 0.6) is 0 Å². The first-order valence-electron chi connectivity index (χ1n) is 7.45. The molecular weight excluding hydrogens is 348 g/mol. The number of carbonyl (C=O) groups excluding carboxylic acids is 1.